The zero-order valence-corrected chi connectivity index (χ0v) is 23.1. The monoisotopic (exact) mass is 482 g/mol. The Morgan fingerprint density at radius 2 is 1.18 bits per heavy atom. The van der Waals surface area contributed by atoms with Gasteiger partial charge in [-0.2, -0.15) is 0 Å². The van der Waals surface area contributed by atoms with E-state index in [1.165, 1.54) is 75.5 Å². The van der Waals surface area contributed by atoms with Crippen molar-refractivity contribution in [3.05, 3.63) is 0 Å². The Morgan fingerprint density at radius 3 is 1.53 bits per heavy atom. The van der Waals surface area contributed by atoms with Crippen LogP contribution in [0.4, 0.5) is 0 Å². The van der Waals surface area contributed by atoms with Gasteiger partial charge in [-0.15, -0.1) is 0 Å². The minimum absolute atomic E-state index is 0.175. The van der Waals surface area contributed by atoms with E-state index in [1.54, 1.807) is 14.1 Å². The Hall–Kier alpha value is -1.59. The van der Waals surface area contributed by atoms with Gasteiger partial charge < -0.3 is 15.3 Å². The third-order valence-corrected chi connectivity index (χ3v) is 6.54. The molecule has 0 aromatic heterocycles. The fraction of sp³-hybridized carbons (Fsp3) is 0.893. The molecule has 0 spiro atoms. The van der Waals surface area contributed by atoms with Gasteiger partial charge in [0.25, 0.3) is 0 Å². The van der Waals surface area contributed by atoms with Crippen molar-refractivity contribution in [2.24, 2.45) is 11.3 Å². The van der Waals surface area contributed by atoms with Crippen LogP contribution in [0.2, 0.25) is 0 Å². The molecule has 0 heterocycles. The molecule has 6 heteroatoms. The summed E-state index contributed by atoms with van der Waals surface area (Å²) in [5.41, 5.74) is -0.458. The molecule has 0 aliphatic carbocycles. The smallest absolute Gasteiger partial charge is 0.304 e. The maximum absolute atomic E-state index is 12.9. The van der Waals surface area contributed by atoms with E-state index in [-0.39, 0.29) is 18.2 Å². The lowest BCUT2D eigenvalue weighted by atomic mass is 9.85. The minimum Gasteiger partial charge on any atom is -0.481 e. The summed E-state index contributed by atoms with van der Waals surface area (Å²) in [4.78, 5) is 38.2. The number of carbonyl (C=O) groups excluding carboxylic acids is 2. The van der Waals surface area contributed by atoms with Crippen LogP contribution in [0.25, 0.3) is 0 Å². The maximum Gasteiger partial charge on any atom is 0.304 e. The lowest BCUT2D eigenvalue weighted by Gasteiger charge is -2.33. The largest absolute Gasteiger partial charge is 0.481 e. The number of carboxylic acid groups (broad SMARTS) is 1. The summed E-state index contributed by atoms with van der Waals surface area (Å²) < 4.78 is 0. The zero-order valence-electron chi connectivity index (χ0n) is 23.1. The summed E-state index contributed by atoms with van der Waals surface area (Å²) >= 11 is 0. The molecule has 2 unspecified atom stereocenters. The summed E-state index contributed by atoms with van der Waals surface area (Å²) in [7, 11) is 3.33. The van der Waals surface area contributed by atoms with Crippen LogP contribution in [0.15, 0.2) is 0 Å². The highest BCUT2D eigenvalue weighted by Crippen LogP contribution is 2.23. The van der Waals surface area contributed by atoms with Gasteiger partial charge in [0.1, 0.15) is 6.04 Å². The number of unbranched alkanes of at least 4 members (excludes halogenated alkanes) is 13. The molecule has 0 saturated heterocycles. The van der Waals surface area contributed by atoms with Gasteiger partial charge in [-0.3, -0.25) is 14.4 Å². The van der Waals surface area contributed by atoms with Gasteiger partial charge in [0.2, 0.25) is 11.8 Å². The summed E-state index contributed by atoms with van der Waals surface area (Å²) in [5.74, 6) is -2.08. The van der Waals surface area contributed by atoms with Gasteiger partial charge >= 0.3 is 5.97 Å². The second-order valence-corrected chi connectivity index (χ2v) is 11.2. The van der Waals surface area contributed by atoms with E-state index >= 15 is 0 Å². The van der Waals surface area contributed by atoms with Gasteiger partial charge in [-0.25, -0.2) is 0 Å². The predicted molar refractivity (Wildman–Crippen MR) is 141 cm³/mol. The summed E-state index contributed by atoms with van der Waals surface area (Å²) in [5, 5.41) is 12.1. The number of amides is 2. The molecule has 0 rings (SSSR count). The Kier molecular flexibility index (Phi) is 17.8. The Labute approximate surface area is 209 Å². The molecule has 2 atom stereocenters. The average Bonchev–Trinajstić information content (AvgIpc) is 2.75. The molecule has 0 aromatic carbocycles. The zero-order chi connectivity index (χ0) is 26.0. The van der Waals surface area contributed by atoms with E-state index < -0.39 is 23.3 Å². The molecule has 0 fully saturated rings. The maximum atomic E-state index is 12.9. The van der Waals surface area contributed by atoms with Crippen molar-refractivity contribution in [3.63, 3.8) is 0 Å². The topological polar surface area (TPSA) is 86.7 Å². The standard InChI is InChI=1S/C28H54N2O4/c1-7-8-9-10-11-12-13-14-15-16-17-18-19-20-21-23(22-24(31)32)26(33)29-25(28(2,3)4)27(34)30(5)6/h23,25H,7-22H2,1-6H3,(H,29,33)(H,31,32). The van der Waals surface area contributed by atoms with Crippen molar-refractivity contribution in [2.45, 2.75) is 136 Å². The molecular weight excluding hydrogens is 428 g/mol. The highest BCUT2D eigenvalue weighted by atomic mass is 16.4. The van der Waals surface area contributed by atoms with Crippen LogP contribution in [-0.2, 0) is 14.4 Å². The van der Waals surface area contributed by atoms with E-state index in [0.717, 1.165) is 19.3 Å². The number of nitrogens with one attached hydrogen (secondary N) is 1. The number of likely N-dealkylation sites (N-methyl/N-ethyl adjacent to an activating group) is 1. The van der Waals surface area contributed by atoms with Crippen LogP contribution >= 0.6 is 0 Å². The summed E-state index contributed by atoms with van der Waals surface area (Å²) in [6.45, 7) is 7.96. The van der Waals surface area contributed by atoms with Crippen molar-refractivity contribution in [1.29, 1.82) is 0 Å². The van der Waals surface area contributed by atoms with Gasteiger partial charge in [-0.05, 0) is 11.8 Å². The highest BCUT2D eigenvalue weighted by molar-refractivity contribution is 5.90. The number of rotatable bonds is 20. The van der Waals surface area contributed by atoms with E-state index in [1.807, 2.05) is 20.8 Å². The highest BCUT2D eigenvalue weighted by Gasteiger charge is 2.35. The SMILES string of the molecule is CCCCCCCCCCCCCCCCC(CC(=O)O)C(=O)NC(C(=O)N(C)C)C(C)(C)C. The third-order valence-electron chi connectivity index (χ3n) is 6.54. The molecule has 0 saturated carbocycles. The number of aliphatic carboxylic acids is 1. The molecule has 2 N–H and O–H groups in total. The number of nitrogens with zero attached hydrogens (tertiary/aromatic N) is 1. The molecule has 0 aliphatic heterocycles. The first-order chi connectivity index (χ1) is 16.0. The Bertz CT molecular complexity index is 569. The van der Waals surface area contributed by atoms with Gasteiger partial charge in [-0.1, -0.05) is 118 Å². The van der Waals surface area contributed by atoms with E-state index in [4.69, 9.17) is 0 Å². The number of hydrogen-bond donors (Lipinski definition) is 2. The lowest BCUT2D eigenvalue weighted by molar-refractivity contribution is -0.143. The van der Waals surface area contributed by atoms with Crippen LogP contribution in [0.1, 0.15) is 130 Å². The van der Waals surface area contributed by atoms with Gasteiger partial charge in [0.05, 0.1) is 6.42 Å². The molecule has 0 aromatic rings. The summed E-state index contributed by atoms with van der Waals surface area (Å²) in [6, 6.07) is -0.678. The average molecular weight is 483 g/mol. The molecule has 0 aliphatic rings. The van der Waals surface area contributed by atoms with Crippen molar-refractivity contribution in [1.82, 2.24) is 10.2 Å². The van der Waals surface area contributed by atoms with Crippen molar-refractivity contribution < 1.29 is 19.5 Å². The lowest BCUT2D eigenvalue weighted by Crippen LogP contribution is -2.54. The van der Waals surface area contributed by atoms with E-state index in [0.29, 0.717) is 6.42 Å². The number of carboxylic acids is 1. The van der Waals surface area contributed by atoms with Crippen LogP contribution in [0, 0.1) is 11.3 Å². The Balaban J connectivity index is 4.24. The minimum atomic E-state index is -0.975. The second-order valence-electron chi connectivity index (χ2n) is 11.2. The van der Waals surface area contributed by atoms with Crippen molar-refractivity contribution >= 4 is 17.8 Å². The fourth-order valence-electron chi connectivity index (χ4n) is 4.29. The van der Waals surface area contributed by atoms with Crippen LogP contribution < -0.4 is 5.32 Å². The predicted octanol–water partition coefficient (Wildman–Crippen LogP) is 6.57. The molecule has 6 nitrogen and oxygen atoms in total. The number of hydrogen-bond acceptors (Lipinski definition) is 3. The molecule has 2 amide bonds. The van der Waals surface area contributed by atoms with Gasteiger partial charge in [0.15, 0.2) is 0 Å². The fourth-order valence-corrected chi connectivity index (χ4v) is 4.29. The molecular formula is C28H54N2O4. The summed E-state index contributed by atoms with van der Waals surface area (Å²) in [6.07, 6.45) is 18.0. The van der Waals surface area contributed by atoms with Crippen LogP contribution in [0.5, 0.6) is 0 Å². The molecule has 200 valence electrons. The van der Waals surface area contributed by atoms with Gasteiger partial charge in [0, 0.05) is 20.0 Å². The van der Waals surface area contributed by atoms with Crippen LogP contribution in [-0.4, -0.2) is 47.9 Å². The molecule has 0 radical (unpaired) electrons. The van der Waals surface area contributed by atoms with Crippen molar-refractivity contribution in [2.75, 3.05) is 14.1 Å². The first-order valence-corrected chi connectivity index (χ1v) is 13.7. The first-order valence-electron chi connectivity index (χ1n) is 13.7. The molecule has 34 heavy (non-hydrogen) atoms. The van der Waals surface area contributed by atoms with E-state index in [2.05, 4.69) is 12.2 Å². The first kappa shape index (κ1) is 32.4. The number of carbonyl (C=O) groups is 3. The van der Waals surface area contributed by atoms with Crippen molar-refractivity contribution in [3.8, 4) is 0 Å². The van der Waals surface area contributed by atoms with E-state index in [9.17, 15) is 19.5 Å². The van der Waals surface area contributed by atoms with Crippen LogP contribution in [0.3, 0.4) is 0 Å². The second kappa shape index (κ2) is 18.7. The third kappa shape index (κ3) is 16.1. The quantitative estimate of drug-likeness (QED) is 0.192. The Morgan fingerprint density at radius 1 is 0.765 bits per heavy atom. The molecule has 0 bridgehead atoms. The normalized spacial score (nSPS) is 13.4.